The van der Waals surface area contributed by atoms with Gasteiger partial charge in [-0.15, -0.1) is 15.3 Å². The first kappa shape index (κ1) is 18.7. The van der Waals surface area contributed by atoms with Gasteiger partial charge in [-0.3, -0.25) is 4.79 Å². The molecule has 0 saturated carbocycles. The number of amides is 1. The smallest absolute Gasteiger partial charge is 0.224 e. The molecule has 1 amide bonds. The molecule has 1 N–H and O–H groups in total. The summed E-state index contributed by atoms with van der Waals surface area (Å²) in [7, 11) is 0. The van der Waals surface area contributed by atoms with Crippen molar-refractivity contribution in [3.8, 4) is 0 Å². The Bertz CT molecular complexity index is 954. The van der Waals surface area contributed by atoms with Crippen molar-refractivity contribution in [2.24, 2.45) is 0 Å². The predicted molar refractivity (Wildman–Crippen MR) is 97.7 cm³/mol. The van der Waals surface area contributed by atoms with Crippen molar-refractivity contribution in [1.82, 2.24) is 19.8 Å². The average Bonchev–Trinajstić information content (AvgIpc) is 3.06. The van der Waals surface area contributed by atoms with E-state index in [1.165, 1.54) is 6.07 Å². The van der Waals surface area contributed by atoms with Crippen LogP contribution < -0.4 is 10.2 Å². The first-order valence-corrected chi connectivity index (χ1v) is 8.73. The van der Waals surface area contributed by atoms with Gasteiger partial charge in [0.2, 0.25) is 5.91 Å². The summed E-state index contributed by atoms with van der Waals surface area (Å²) in [6.07, 6.45) is 0.419. The summed E-state index contributed by atoms with van der Waals surface area (Å²) < 4.78 is 27.8. The van der Waals surface area contributed by atoms with Gasteiger partial charge in [-0.2, -0.15) is 4.52 Å². The Hall–Kier alpha value is -3.10. The van der Waals surface area contributed by atoms with Gasteiger partial charge in [-0.25, -0.2) is 8.78 Å². The molecule has 0 radical (unpaired) electrons. The molecule has 0 bridgehead atoms. The van der Waals surface area contributed by atoms with E-state index in [9.17, 15) is 13.6 Å². The van der Waals surface area contributed by atoms with Crippen molar-refractivity contribution >= 4 is 23.1 Å². The van der Waals surface area contributed by atoms with Crippen molar-refractivity contribution in [2.45, 2.75) is 26.7 Å². The summed E-state index contributed by atoms with van der Waals surface area (Å²) >= 11 is 0. The maximum atomic E-state index is 13.2. The van der Waals surface area contributed by atoms with Crippen LogP contribution in [0.3, 0.4) is 0 Å². The van der Waals surface area contributed by atoms with Crippen LogP contribution in [-0.2, 0) is 11.2 Å². The van der Waals surface area contributed by atoms with Crippen LogP contribution >= 0.6 is 0 Å². The lowest BCUT2D eigenvalue weighted by Gasteiger charge is -2.19. The molecule has 2 heterocycles. The van der Waals surface area contributed by atoms with Gasteiger partial charge in [0.1, 0.15) is 5.82 Å². The Balaban J connectivity index is 1.69. The second-order valence-electron chi connectivity index (χ2n) is 5.93. The van der Waals surface area contributed by atoms with Crippen LogP contribution in [-0.4, -0.2) is 38.8 Å². The van der Waals surface area contributed by atoms with Crippen molar-refractivity contribution in [2.75, 3.05) is 23.3 Å². The number of carbonyl (C=O) groups excluding carboxylic acids is 1. The third-order valence-electron chi connectivity index (χ3n) is 4.18. The van der Waals surface area contributed by atoms with Crippen molar-refractivity contribution < 1.29 is 13.6 Å². The number of halogens is 2. The van der Waals surface area contributed by atoms with Gasteiger partial charge < -0.3 is 10.2 Å². The van der Waals surface area contributed by atoms with Gasteiger partial charge in [0, 0.05) is 37.7 Å². The molecule has 7 nitrogen and oxygen atoms in total. The Morgan fingerprint density at radius 2 is 1.89 bits per heavy atom. The highest BCUT2D eigenvalue weighted by Crippen LogP contribution is 2.15. The molecular formula is C18H20F2N6O. The maximum absolute atomic E-state index is 13.2. The minimum absolute atomic E-state index is 0.108. The fraction of sp³-hybridized carbons (Fsp3) is 0.333. The number of nitrogens with one attached hydrogen (secondary N) is 1. The molecule has 9 heteroatoms. The number of hydrogen-bond donors (Lipinski definition) is 1. The molecule has 3 rings (SSSR count). The van der Waals surface area contributed by atoms with E-state index in [4.69, 9.17) is 0 Å². The van der Waals surface area contributed by atoms with Crippen molar-refractivity contribution in [1.29, 1.82) is 0 Å². The molecule has 0 spiro atoms. The third-order valence-corrected chi connectivity index (χ3v) is 4.18. The molecule has 0 aliphatic rings. The van der Waals surface area contributed by atoms with E-state index >= 15 is 0 Å². The highest BCUT2D eigenvalue weighted by Gasteiger charge is 2.13. The quantitative estimate of drug-likeness (QED) is 0.688. The van der Waals surface area contributed by atoms with Crippen LogP contribution in [0.4, 0.5) is 20.3 Å². The molecule has 0 unspecified atom stereocenters. The normalized spacial score (nSPS) is 11.0. The largest absolute Gasteiger partial charge is 0.356 e. The number of fused-ring (bicyclic) bond motifs is 1. The third kappa shape index (κ3) is 4.18. The van der Waals surface area contributed by atoms with Gasteiger partial charge in [0.15, 0.2) is 23.1 Å². The van der Waals surface area contributed by atoms with E-state index in [0.717, 1.165) is 31.0 Å². The lowest BCUT2D eigenvalue weighted by atomic mass is 10.2. The van der Waals surface area contributed by atoms with Gasteiger partial charge in [0.05, 0.1) is 0 Å². The number of hydrogen-bond acceptors (Lipinski definition) is 5. The fourth-order valence-electron chi connectivity index (χ4n) is 2.72. The van der Waals surface area contributed by atoms with Gasteiger partial charge in [0.25, 0.3) is 0 Å². The van der Waals surface area contributed by atoms with E-state index in [0.29, 0.717) is 17.9 Å². The van der Waals surface area contributed by atoms with Crippen LogP contribution in [0, 0.1) is 11.6 Å². The van der Waals surface area contributed by atoms with Crippen LogP contribution in [0.1, 0.15) is 26.1 Å². The Labute approximate surface area is 155 Å². The standard InChI is InChI=1S/C18H20F2N6O/c1-3-25(4-2)17-8-7-15-22-23-16(26(15)24-17)9-10-18(27)21-12-5-6-13(19)14(20)11-12/h5-8,11H,3-4,9-10H2,1-2H3,(H,21,27). The Morgan fingerprint density at radius 3 is 2.59 bits per heavy atom. The molecule has 0 aliphatic carbocycles. The molecule has 0 fully saturated rings. The Kier molecular flexibility index (Phi) is 5.58. The minimum atomic E-state index is -1.01. The molecule has 3 aromatic rings. The zero-order valence-corrected chi connectivity index (χ0v) is 15.1. The van der Waals surface area contributed by atoms with Crippen molar-refractivity contribution in [3.05, 3.63) is 47.8 Å². The monoisotopic (exact) mass is 374 g/mol. The second kappa shape index (κ2) is 8.07. The van der Waals surface area contributed by atoms with Gasteiger partial charge >= 0.3 is 0 Å². The zero-order chi connectivity index (χ0) is 19.4. The first-order valence-electron chi connectivity index (χ1n) is 8.73. The lowest BCUT2D eigenvalue weighted by molar-refractivity contribution is -0.116. The minimum Gasteiger partial charge on any atom is -0.356 e. The number of benzene rings is 1. The Morgan fingerprint density at radius 1 is 1.11 bits per heavy atom. The number of aromatic nitrogens is 4. The highest BCUT2D eigenvalue weighted by atomic mass is 19.2. The number of carbonyl (C=O) groups is 1. The predicted octanol–water partition coefficient (Wildman–Crippen LogP) is 2.82. The first-order chi connectivity index (χ1) is 13.0. The van der Waals surface area contributed by atoms with E-state index in [-0.39, 0.29) is 18.0 Å². The number of anilines is 2. The summed E-state index contributed by atoms with van der Waals surface area (Å²) in [4.78, 5) is 14.2. The highest BCUT2D eigenvalue weighted by molar-refractivity contribution is 5.90. The van der Waals surface area contributed by atoms with Crippen molar-refractivity contribution in [3.63, 3.8) is 0 Å². The van der Waals surface area contributed by atoms with E-state index in [1.54, 1.807) is 4.52 Å². The summed E-state index contributed by atoms with van der Waals surface area (Å²) in [5.41, 5.74) is 0.800. The number of aryl methyl sites for hydroxylation is 1. The lowest BCUT2D eigenvalue weighted by Crippen LogP contribution is -2.23. The summed E-state index contributed by atoms with van der Waals surface area (Å²) in [6.45, 7) is 5.74. The summed E-state index contributed by atoms with van der Waals surface area (Å²) in [6, 6.07) is 6.93. The average molecular weight is 374 g/mol. The SMILES string of the molecule is CCN(CC)c1ccc2nnc(CCC(=O)Nc3ccc(F)c(F)c3)n2n1. The number of nitrogens with zero attached hydrogens (tertiary/aromatic N) is 5. The van der Waals surface area contributed by atoms with E-state index < -0.39 is 11.6 Å². The van der Waals surface area contributed by atoms with E-state index in [2.05, 4.69) is 25.5 Å². The fourth-order valence-corrected chi connectivity index (χ4v) is 2.72. The van der Waals surface area contributed by atoms with Crippen LogP contribution in [0.15, 0.2) is 30.3 Å². The molecule has 0 aliphatic heterocycles. The molecule has 27 heavy (non-hydrogen) atoms. The van der Waals surface area contributed by atoms with Gasteiger partial charge in [-0.1, -0.05) is 0 Å². The topological polar surface area (TPSA) is 75.4 Å². The molecule has 142 valence electrons. The molecular weight excluding hydrogens is 354 g/mol. The van der Waals surface area contributed by atoms with Crippen LogP contribution in [0.25, 0.3) is 5.65 Å². The molecule has 0 saturated heterocycles. The number of rotatable bonds is 7. The second-order valence-corrected chi connectivity index (χ2v) is 5.93. The van der Waals surface area contributed by atoms with Gasteiger partial charge in [-0.05, 0) is 38.1 Å². The molecule has 2 aromatic heterocycles. The molecule has 0 atom stereocenters. The maximum Gasteiger partial charge on any atom is 0.224 e. The summed E-state index contributed by atoms with van der Waals surface area (Å²) in [5, 5.41) is 15.2. The van der Waals surface area contributed by atoms with Crippen LogP contribution in [0.2, 0.25) is 0 Å². The summed E-state index contributed by atoms with van der Waals surface area (Å²) in [5.74, 6) is -0.945. The van der Waals surface area contributed by atoms with E-state index in [1.807, 2.05) is 26.0 Å². The zero-order valence-electron chi connectivity index (χ0n) is 15.1. The van der Waals surface area contributed by atoms with Crippen LogP contribution in [0.5, 0.6) is 0 Å². The molecule has 1 aromatic carbocycles.